The second kappa shape index (κ2) is 14.1. The van der Waals surface area contributed by atoms with Gasteiger partial charge in [-0.15, -0.1) is 0 Å². The van der Waals surface area contributed by atoms with E-state index in [1.807, 2.05) is 19.1 Å². The van der Waals surface area contributed by atoms with Crippen LogP contribution in [0.25, 0.3) is 10.8 Å². The van der Waals surface area contributed by atoms with Crippen molar-refractivity contribution < 1.29 is 46.9 Å². The van der Waals surface area contributed by atoms with E-state index in [0.717, 1.165) is 6.42 Å². The maximum Gasteiger partial charge on any atom is 0.405 e. The van der Waals surface area contributed by atoms with Crippen LogP contribution in [0.4, 0.5) is 4.79 Å². The average Bonchev–Trinajstić information content (AvgIpc) is 3.98. The molecule has 282 valence electrons. The Balaban J connectivity index is 1.35. The van der Waals surface area contributed by atoms with Gasteiger partial charge in [0.25, 0.3) is 5.91 Å². The minimum absolute atomic E-state index is 0.0206. The molecule has 0 radical (unpaired) electrons. The number of nitrogens with one attached hydrogen (secondary N) is 3. The van der Waals surface area contributed by atoms with Crippen molar-refractivity contribution in [3.05, 3.63) is 36.4 Å². The molecule has 4 aliphatic rings. The summed E-state index contributed by atoms with van der Waals surface area (Å²) in [5.41, 5.74) is -1.55. The SMILES string of the molecule is COc1ccc2c(O[C@@H]3C[C@H]4C(=O)N[C@]5(C(=O)NS(=O)(=O)C6(C)CC6)C[C@H]5/C=C\CC[C@@H](C)C[C@@H](C)[C@H](NC(=O)O)C(=O)N4C3)nc(OC)cc2c1. The van der Waals surface area contributed by atoms with Crippen molar-refractivity contribution in [2.75, 3.05) is 20.8 Å². The maximum absolute atomic E-state index is 14.4. The van der Waals surface area contributed by atoms with E-state index in [2.05, 4.69) is 20.3 Å². The third kappa shape index (κ3) is 7.34. The number of carboxylic acid groups (broad SMARTS) is 1. The van der Waals surface area contributed by atoms with Gasteiger partial charge in [-0.25, -0.2) is 13.2 Å². The third-order valence-corrected chi connectivity index (χ3v) is 13.2. The van der Waals surface area contributed by atoms with E-state index >= 15 is 0 Å². The minimum Gasteiger partial charge on any atom is -0.497 e. The molecule has 3 fully saturated rings. The number of pyridine rings is 1. The summed E-state index contributed by atoms with van der Waals surface area (Å²) < 4.78 is 44.6. The van der Waals surface area contributed by atoms with E-state index in [4.69, 9.17) is 14.2 Å². The molecular weight excluding hydrogens is 694 g/mol. The molecule has 1 aromatic carbocycles. The summed E-state index contributed by atoms with van der Waals surface area (Å²) in [5.74, 6) is -1.83. The molecule has 2 saturated carbocycles. The summed E-state index contributed by atoms with van der Waals surface area (Å²) in [6.45, 7) is 5.31. The highest BCUT2D eigenvalue weighted by molar-refractivity contribution is 7.91. The number of amides is 4. The van der Waals surface area contributed by atoms with Crippen LogP contribution in [0.15, 0.2) is 36.4 Å². The Hall–Kier alpha value is -4.60. The molecule has 4 amide bonds. The standard InChI is InChI=1S/C36H47N5O10S/c1-20-8-6-7-9-23-18-36(23,33(44)40-52(47,48)35(3)12-13-35)39-30(42)27-17-25(19-41(27)32(43)29(21(2)14-20)38-34(45)46)51-31-26-11-10-24(49-4)15-22(26)16-28(37-31)50-5/h7,9-11,15-16,20-21,23,25,27,29,38H,6,8,12-14,17-19H2,1-5H3,(H,39,42)(H,40,44)(H,45,46)/b9-7-/t20-,21-,23-,25-,27+,29+,36-/m1/s1. The molecule has 15 nitrogen and oxygen atoms in total. The molecule has 1 aromatic heterocycles. The summed E-state index contributed by atoms with van der Waals surface area (Å²) in [5, 5.41) is 16.4. The first-order chi connectivity index (χ1) is 24.6. The quantitative estimate of drug-likeness (QED) is 0.290. The highest BCUT2D eigenvalue weighted by atomic mass is 32.2. The maximum atomic E-state index is 14.4. The number of nitrogens with zero attached hydrogens (tertiary/aromatic N) is 2. The van der Waals surface area contributed by atoms with Crippen LogP contribution < -0.4 is 29.6 Å². The van der Waals surface area contributed by atoms with Crippen LogP contribution in [0.3, 0.4) is 0 Å². The number of rotatable bonds is 8. The number of hydrogen-bond acceptors (Lipinski definition) is 10. The van der Waals surface area contributed by atoms with Gasteiger partial charge in [0, 0.05) is 23.8 Å². The fourth-order valence-corrected chi connectivity index (χ4v) is 8.70. The first kappa shape index (κ1) is 37.2. The Labute approximate surface area is 302 Å². The van der Waals surface area contributed by atoms with E-state index in [1.54, 1.807) is 45.2 Å². The van der Waals surface area contributed by atoms with Crippen molar-refractivity contribution >= 4 is 44.6 Å². The fraction of sp³-hybridized carbons (Fsp3) is 0.583. The van der Waals surface area contributed by atoms with Crippen LogP contribution in [0.1, 0.15) is 65.7 Å². The van der Waals surface area contributed by atoms with Crippen molar-refractivity contribution in [2.45, 2.75) is 94.2 Å². The normalized spacial score (nSPS) is 30.8. The van der Waals surface area contributed by atoms with Crippen molar-refractivity contribution in [1.82, 2.24) is 25.2 Å². The van der Waals surface area contributed by atoms with Crippen LogP contribution in [0.5, 0.6) is 17.5 Å². The number of carbonyl (C=O) groups is 4. The largest absolute Gasteiger partial charge is 0.497 e. The van der Waals surface area contributed by atoms with Gasteiger partial charge >= 0.3 is 6.09 Å². The van der Waals surface area contributed by atoms with Gasteiger partial charge in [0.05, 0.1) is 25.5 Å². The van der Waals surface area contributed by atoms with Crippen molar-refractivity contribution in [3.8, 4) is 17.5 Å². The molecule has 16 heteroatoms. The molecule has 6 rings (SSSR count). The highest BCUT2D eigenvalue weighted by Gasteiger charge is 2.63. The topological polar surface area (TPSA) is 203 Å². The van der Waals surface area contributed by atoms with Crippen LogP contribution in [0.2, 0.25) is 0 Å². The van der Waals surface area contributed by atoms with E-state index in [0.29, 0.717) is 42.2 Å². The van der Waals surface area contributed by atoms with Crippen molar-refractivity contribution in [2.24, 2.45) is 17.8 Å². The first-order valence-electron chi connectivity index (χ1n) is 17.6. The second-order valence-electron chi connectivity index (χ2n) is 14.9. The molecule has 4 N–H and O–H groups in total. The zero-order valence-corrected chi connectivity index (χ0v) is 30.8. The predicted molar refractivity (Wildman–Crippen MR) is 189 cm³/mol. The van der Waals surface area contributed by atoms with Gasteiger partial charge in [0.1, 0.15) is 29.5 Å². The number of fused-ring (bicyclic) bond motifs is 3. The summed E-state index contributed by atoms with van der Waals surface area (Å²) in [6.07, 6.45) is 4.51. The van der Waals surface area contributed by atoms with E-state index in [-0.39, 0.29) is 37.1 Å². The zero-order chi connectivity index (χ0) is 37.6. The lowest BCUT2D eigenvalue weighted by Gasteiger charge is -2.32. The number of methoxy groups -OCH3 is 2. The Morgan fingerprint density at radius 1 is 1.10 bits per heavy atom. The van der Waals surface area contributed by atoms with Crippen LogP contribution in [0, 0.1) is 17.8 Å². The van der Waals surface area contributed by atoms with E-state index in [9.17, 15) is 32.7 Å². The van der Waals surface area contributed by atoms with Gasteiger partial charge < -0.3 is 34.9 Å². The lowest BCUT2D eigenvalue weighted by molar-refractivity contribution is -0.142. The van der Waals surface area contributed by atoms with E-state index in [1.165, 1.54) is 12.0 Å². The zero-order valence-electron chi connectivity index (χ0n) is 30.0. The third-order valence-electron chi connectivity index (χ3n) is 11.0. The lowest BCUT2D eigenvalue weighted by Crippen LogP contribution is -2.59. The molecule has 7 atom stereocenters. The number of sulfonamides is 1. The molecule has 0 spiro atoms. The second-order valence-corrected chi connectivity index (χ2v) is 17.1. The van der Waals surface area contributed by atoms with Gasteiger partial charge in [-0.2, -0.15) is 4.98 Å². The van der Waals surface area contributed by atoms with Gasteiger partial charge in [-0.05, 0) is 80.9 Å². The predicted octanol–water partition coefficient (Wildman–Crippen LogP) is 3.12. The fourth-order valence-electron chi connectivity index (χ4n) is 7.39. The monoisotopic (exact) mass is 741 g/mol. The summed E-state index contributed by atoms with van der Waals surface area (Å²) in [6, 6.07) is 4.68. The number of allylic oxidation sites excluding steroid dienone is 1. The van der Waals surface area contributed by atoms with Gasteiger partial charge in [0.2, 0.25) is 33.6 Å². The molecule has 2 aromatic rings. The molecule has 2 aliphatic heterocycles. The molecule has 1 saturated heterocycles. The lowest BCUT2D eigenvalue weighted by atomic mass is 9.88. The van der Waals surface area contributed by atoms with Crippen LogP contribution in [-0.4, -0.2) is 96.5 Å². The number of ether oxygens (including phenoxy) is 3. The average molecular weight is 742 g/mol. The molecular formula is C36H47N5O10S. The first-order valence-corrected chi connectivity index (χ1v) is 19.1. The Morgan fingerprint density at radius 3 is 2.52 bits per heavy atom. The Bertz CT molecular complexity index is 1890. The molecule has 52 heavy (non-hydrogen) atoms. The van der Waals surface area contributed by atoms with Gasteiger partial charge in [-0.3, -0.25) is 19.1 Å². The number of aromatic nitrogens is 1. The van der Waals surface area contributed by atoms with Gasteiger partial charge in [0.15, 0.2) is 0 Å². The number of carbonyl (C=O) groups excluding carboxylic acids is 3. The minimum atomic E-state index is -4.01. The molecule has 2 aliphatic carbocycles. The van der Waals surface area contributed by atoms with E-state index < -0.39 is 74.1 Å². The van der Waals surface area contributed by atoms with Crippen LogP contribution >= 0.6 is 0 Å². The van der Waals surface area contributed by atoms with Crippen molar-refractivity contribution in [1.29, 1.82) is 0 Å². The van der Waals surface area contributed by atoms with Crippen LogP contribution in [-0.2, 0) is 24.4 Å². The smallest absolute Gasteiger partial charge is 0.405 e. The number of hydrogen-bond donors (Lipinski definition) is 4. The summed E-state index contributed by atoms with van der Waals surface area (Å²) >= 11 is 0. The molecule has 0 unspecified atom stereocenters. The Morgan fingerprint density at radius 2 is 1.85 bits per heavy atom. The Kier molecular flexibility index (Phi) is 10.1. The number of benzene rings is 1. The van der Waals surface area contributed by atoms with Gasteiger partial charge in [-0.1, -0.05) is 26.0 Å². The summed E-state index contributed by atoms with van der Waals surface area (Å²) in [4.78, 5) is 60.3. The highest BCUT2D eigenvalue weighted by Crippen LogP contribution is 2.47. The summed E-state index contributed by atoms with van der Waals surface area (Å²) in [7, 11) is -0.994. The van der Waals surface area contributed by atoms with Crippen molar-refractivity contribution in [3.63, 3.8) is 0 Å². The molecule has 3 heterocycles. The molecule has 0 bridgehead atoms.